The number of hydrogen-bond donors (Lipinski definition) is 2. The van der Waals surface area contributed by atoms with E-state index in [-0.39, 0.29) is 0 Å². The van der Waals surface area contributed by atoms with Crippen LogP contribution in [-0.2, 0) is 9.59 Å². The highest BCUT2D eigenvalue weighted by Crippen LogP contribution is 2.44. The van der Waals surface area contributed by atoms with Crippen molar-refractivity contribution in [2.75, 3.05) is 0 Å². The van der Waals surface area contributed by atoms with Crippen LogP contribution in [0.2, 0.25) is 0 Å². The first-order valence-corrected chi connectivity index (χ1v) is 14.9. The van der Waals surface area contributed by atoms with Crippen LogP contribution >= 0.6 is 0 Å². The predicted octanol–water partition coefficient (Wildman–Crippen LogP) is 9.79. The van der Waals surface area contributed by atoms with Crippen LogP contribution in [0.4, 0.5) is 0 Å². The molecule has 0 aromatic carbocycles. The fraction of sp³-hybridized carbons (Fsp3) is 0.933. The highest BCUT2D eigenvalue weighted by molar-refractivity contribution is 5.75. The zero-order valence-electron chi connectivity index (χ0n) is 23.1. The maximum absolute atomic E-state index is 12.7. The van der Waals surface area contributed by atoms with E-state index in [2.05, 4.69) is 20.8 Å². The fourth-order valence-electron chi connectivity index (χ4n) is 5.61. The van der Waals surface area contributed by atoms with Crippen molar-refractivity contribution < 1.29 is 19.8 Å². The highest BCUT2D eigenvalue weighted by atomic mass is 16.4. The third kappa shape index (κ3) is 15.8. The molecule has 1 atom stereocenters. The van der Waals surface area contributed by atoms with Crippen LogP contribution in [0, 0.1) is 11.3 Å². The van der Waals surface area contributed by atoms with Crippen molar-refractivity contribution in [3.05, 3.63) is 0 Å². The molecule has 0 aliphatic heterocycles. The molecule has 0 spiro atoms. The molecule has 0 aliphatic rings. The molecule has 0 saturated carbocycles. The molecule has 4 heteroatoms. The number of carboxylic acids is 2. The Bertz CT molecular complexity index is 476. The molecule has 0 heterocycles. The van der Waals surface area contributed by atoms with Gasteiger partial charge in [-0.15, -0.1) is 0 Å². The van der Waals surface area contributed by atoms with Gasteiger partial charge < -0.3 is 10.2 Å². The van der Waals surface area contributed by atoms with Crippen molar-refractivity contribution in [1.29, 1.82) is 0 Å². The predicted molar refractivity (Wildman–Crippen MR) is 144 cm³/mol. The van der Waals surface area contributed by atoms with Gasteiger partial charge in [0, 0.05) is 6.42 Å². The molecule has 0 aliphatic carbocycles. The molecule has 0 fully saturated rings. The van der Waals surface area contributed by atoms with Crippen LogP contribution in [-0.4, -0.2) is 22.2 Å². The monoisotopic (exact) mass is 482 g/mol. The summed E-state index contributed by atoms with van der Waals surface area (Å²) in [5.74, 6) is -0.909. The molecule has 4 nitrogen and oxygen atoms in total. The van der Waals surface area contributed by atoms with Gasteiger partial charge in [0.05, 0.1) is 5.41 Å². The Kier molecular flexibility index (Phi) is 21.7. The molecule has 2 N–H and O–H groups in total. The van der Waals surface area contributed by atoms with Gasteiger partial charge in [-0.1, -0.05) is 136 Å². The topological polar surface area (TPSA) is 74.6 Å². The third-order valence-corrected chi connectivity index (χ3v) is 7.85. The van der Waals surface area contributed by atoms with E-state index in [1.807, 2.05) is 0 Å². The van der Waals surface area contributed by atoms with Gasteiger partial charge in [-0.25, -0.2) is 0 Å². The smallest absolute Gasteiger partial charge is 0.309 e. The van der Waals surface area contributed by atoms with Crippen molar-refractivity contribution in [1.82, 2.24) is 0 Å². The Morgan fingerprint density at radius 1 is 0.588 bits per heavy atom. The Morgan fingerprint density at radius 2 is 1.00 bits per heavy atom. The molecule has 0 aromatic rings. The maximum Gasteiger partial charge on any atom is 0.309 e. The van der Waals surface area contributed by atoms with E-state index < -0.39 is 17.4 Å². The second-order valence-electron chi connectivity index (χ2n) is 10.7. The summed E-state index contributed by atoms with van der Waals surface area (Å²) >= 11 is 0. The lowest BCUT2D eigenvalue weighted by atomic mass is 9.65. The standard InChI is InChI=1S/C30H58O4/c1-4-7-9-21-25-30(29(33)34,26-22-10-8-5-2)27(6-3)23-19-17-15-13-11-12-14-16-18-20-24-28(31)32/h27H,4-26H2,1-3H3,(H,31,32)(H,33,34). The average molecular weight is 483 g/mol. The summed E-state index contributed by atoms with van der Waals surface area (Å²) in [5.41, 5.74) is -0.517. The van der Waals surface area contributed by atoms with Crippen molar-refractivity contribution in [3.63, 3.8) is 0 Å². The van der Waals surface area contributed by atoms with Crippen molar-refractivity contribution in [2.45, 2.75) is 168 Å². The van der Waals surface area contributed by atoms with Gasteiger partial charge in [0.2, 0.25) is 0 Å². The molecule has 0 amide bonds. The van der Waals surface area contributed by atoms with E-state index in [9.17, 15) is 14.7 Å². The fourth-order valence-corrected chi connectivity index (χ4v) is 5.61. The SMILES string of the molecule is CCCCCCC(CCCCCC)(C(=O)O)C(CC)CCCCCCCCCCCCC(=O)O. The summed E-state index contributed by atoms with van der Waals surface area (Å²) < 4.78 is 0. The van der Waals surface area contributed by atoms with Gasteiger partial charge in [0.1, 0.15) is 0 Å². The van der Waals surface area contributed by atoms with E-state index in [1.165, 1.54) is 64.2 Å². The van der Waals surface area contributed by atoms with Crippen LogP contribution in [0.25, 0.3) is 0 Å². The van der Waals surface area contributed by atoms with E-state index >= 15 is 0 Å². The zero-order valence-corrected chi connectivity index (χ0v) is 23.1. The van der Waals surface area contributed by atoms with Crippen molar-refractivity contribution >= 4 is 11.9 Å². The van der Waals surface area contributed by atoms with Crippen LogP contribution in [0.15, 0.2) is 0 Å². The molecular formula is C30H58O4. The molecule has 0 saturated heterocycles. The van der Waals surface area contributed by atoms with E-state index in [0.717, 1.165) is 77.0 Å². The van der Waals surface area contributed by atoms with Crippen LogP contribution < -0.4 is 0 Å². The van der Waals surface area contributed by atoms with E-state index in [0.29, 0.717) is 12.3 Å². The largest absolute Gasteiger partial charge is 0.481 e. The first-order valence-electron chi connectivity index (χ1n) is 14.9. The molecule has 0 aromatic heterocycles. The van der Waals surface area contributed by atoms with Crippen LogP contribution in [0.5, 0.6) is 0 Å². The second kappa shape index (κ2) is 22.4. The number of carboxylic acid groups (broad SMARTS) is 2. The first kappa shape index (κ1) is 32.9. The first-order chi connectivity index (χ1) is 16.4. The van der Waals surface area contributed by atoms with Gasteiger partial charge in [-0.3, -0.25) is 9.59 Å². The number of unbranched alkanes of at least 4 members (excludes halogenated alkanes) is 15. The number of aliphatic carboxylic acids is 2. The minimum atomic E-state index is -0.682. The van der Waals surface area contributed by atoms with Gasteiger partial charge in [0.25, 0.3) is 0 Å². The summed E-state index contributed by atoms with van der Waals surface area (Å²) in [5, 5.41) is 19.1. The second-order valence-corrected chi connectivity index (χ2v) is 10.7. The molecule has 0 rings (SSSR count). The highest BCUT2D eigenvalue weighted by Gasteiger charge is 2.43. The van der Waals surface area contributed by atoms with E-state index in [1.54, 1.807) is 0 Å². The Hall–Kier alpha value is -1.06. The van der Waals surface area contributed by atoms with Gasteiger partial charge in [-0.2, -0.15) is 0 Å². The van der Waals surface area contributed by atoms with Crippen molar-refractivity contribution in [2.24, 2.45) is 11.3 Å². The van der Waals surface area contributed by atoms with Gasteiger partial charge in [0.15, 0.2) is 0 Å². The molecule has 34 heavy (non-hydrogen) atoms. The van der Waals surface area contributed by atoms with E-state index in [4.69, 9.17) is 5.11 Å². The minimum absolute atomic E-state index is 0.305. The third-order valence-electron chi connectivity index (χ3n) is 7.85. The molecule has 0 bridgehead atoms. The molecule has 202 valence electrons. The number of hydrogen-bond acceptors (Lipinski definition) is 2. The zero-order chi connectivity index (χ0) is 25.5. The normalized spacial score (nSPS) is 12.7. The van der Waals surface area contributed by atoms with Crippen LogP contribution in [0.1, 0.15) is 168 Å². The number of rotatable bonds is 26. The summed E-state index contributed by atoms with van der Waals surface area (Å²) in [7, 11) is 0. The molecule has 1 unspecified atom stereocenters. The maximum atomic E-state index is 12.7. The Morgan fingerprint density at radius 3 is 1.38 bits per heavy atom. The lowest BCUT2D eigenvalue weighted by Crippen LogP contribution is -2.39. The molecular weight excluding hydrogens is 424 g/mol. The summed E-state index contributed by atoms with van der Waals surface area (Å²) in [6.45, 7) is 6.63. The molecule has 0 radical (unpaired) electrons. The lowest BCUT2D eigenvalue weighted by molar-refractivity contribution is -0.155. The Labute approximate surface area is 211 Å². The Balaban J connectivity index is 4.42. The van der Waals surface area contributed by atoms with Gasteiger partial charge in [-0.05, 0) is 31.6 Å². The summed E-state index contributed by atoms with van der Waals surface area (Å²) in [6.07, 6.45) is 25.0. The minimum Gasteiger partial charge on any atom is -0.481 e. The lowest BCUT2D eigenvalue weighted by Gasteiger charge is -2.38. The van der Waals surface area contributed by atoms with Crippen LogP contribution in [0.3, 0.4) is 0 Å². The average Bonchev–Trinajstić information content (AvgIpc) is 2.81. The number of carbonyl (C=O) groups is 2. The van der Waals surface area contributed by atoms with Crippen molar-refractivity contribution in [3.8, 4) is 0 Å². The quantitative estimate of drug-likeness (QED) is 0.120. The van der Waals surface area contributed by atoms with Gasteiger partial charge >= 0.3 is 11.9 Å². The summed E-state index contributed by atoms with van der Waals surface area (Å²) in [6, 6.07) is 0. The summed E-state index contributed by atoms with van der Waals surface area (Å²) in [4.78, 5) is 23.2.